The number of rotatable bonds is 1. The van der Waals surface area contributed by atoms with Crippen molar-refractivity contribution >= 4 is 11.8 Å². The summed E-state index contributed by atoms with van der Waals surface area (Å²) in [7, 11) is 0. The largest absolute Gasteiger partial charge is 0.367 e. The van der Waals surface area contributed by atoms with Crippen LogP contribution in [0.5, 0.6) is 0 Å². The van der Waals surface area contributed by atoms with Gasteiger partial charge in [-0.2, -0.15) is 0 Å². The third-order valence-corrected chi connectivity index (χ3v) is 2.47. The first-order valence-corrected chi connectivity index (χ1v) is 4.78. The molecule has 5 heteroatoms. The summed E-state index contributed by atoms with van der Waals surface area (Å²) < 4.78 is 4.66. The standard InChI is InChI=1S/C9H13N3O2/c10-8-7(6-11-14-8)9(13)12-4-2-1-3-5-12/h6H,1-5,10H2. The quantitative estimate of drug-likeness (QED) is 0.722. The molecule has 1 aromatic rings. The van der Waals surface area contributed by atoms with Gasteiger partial charge in [-0.05, 0) is 19.3 Å². The number of carbonyl (C=O) groups is 1. The van der Waals surface area contributed by atoms with E-state index in [1.165, 1.54) is 12.6 Å². The van der Waals surface area contributed by atoms with Crippen molar-refractivity contribution < 1.29 is 9.32 Å². The van der Waals surface area contributed by atoms with Crippen LogP contribution in [0.2, 0.25) is 0 Å². The molecule has 0 saturated carbocycles. The molecule has 1 amide bonds. The summed E-state index contributed by atoms with van der Waals surface area (Å²) in [4.78, 5) is 13.6. The Morgan fingerprint density at radius 1 is 1.43 bits per heavy atom. The third-order valence-electron chi connectivity index (χ3n) is 2.47. The van der Waals surface area contributed by atoms with Gasteiger partial charge in [0.2, 0.25) is 5.88 Å². The minimum Gasteiger partial charge on any atom is -0.367 e. The molecule has 2 N–H and O–H groups in total. The summed E-state index contributed by atoms with van der Waals surface area (Å²) in [5.74, 6) is 0.0454. The highest BCUT2D eigenvalue weighted by atomic mass is 16.5. The average Bonchev–Trinajstić information content (AvgIpc) is 2.65. The van der Waals surface area contributed by atoms with Gasteiger partial charge in [0.25, 0.3) is 5.91 Å². The van der Waals surface area contributed by atoms with Gasteiger partial charge in [-0.25, -0.2) is 0 Å². The number of carbonyl (C=O) groups excluding carboxylic acids is 1. The number of hydrogen-bond acceptors (Lipinski definition) is 4. The predicted molar refractivity (Wildman–Crippen MR) is 50.7 cm³/mol. The fourth-order valence-electron chi connectivity index (χ4n) is 1.68. The summed E-state index contributed by atoms with van der Waals surface area (Å²) in [5, 5.41) is 3.49. The first-order chi connectivity index (χ1) is 6.79. The Kier molecular flexibility index (Phi) is 2.39. The highest BCUT2D eigenvalue weighted by molar-refractivity contribution is 5.97. The molecule has 0 atom stereocenters. The van der Waals surface area contributed by atoms with Crippen LogP contribution in [0.3, 0.4) is 0 Å². The van der Waals surface area contributed by atoms with E-state index in [0.29, 0.717) is 5.56 Å². The molecular formula is C9H13N3O2. The second-order valence-corrected chi connectivity index (χ2v) is 3.46. The lowest BCUT2D eigenvalue weighted by Gasteiger charge is -2.26. The van der Waals surface area contributed by atoms with Crippen LogP contribution < -0.4 is 5.73 Å². The molecule has 0 radical (unpaired) electrons. The van der Waals surface area contributed by atoms with Crippen molar-refractivity contribution in [2.75, 3.05) is 18.8 Å². The highest BCUT2D eigenvalue weighted by Gasteiger charge is 2.22. The maximum absolute atomic E-state index is 11.8. The van der Waals surface area contributed by atoms with Gasteiger partial charge in [0.15, 0.2) is 0 Å². The molecule has 5 nitrogen and oxygen atoms in total. The van der Waals surface area contributed by atoms with Gasteiger partial charge in [0.05, 0.1) is 6.20 Å². The first-order valence-electron chi connectivity index (χ1n) is 4.78. The van der Waals surface area contributed by atoms with Crippen LogP contribution in [0.1, 0.15) is 29.6 Å². The minimum atomic E-state index is -0.0662. The number of nitrogens with zero attached hydrogens (tertiary/aromatic N) is 2. The van der Waals surface area contributed by atoms with Gasteiger partial charge in [-0.1, -0.05) is 5.16 Å². The monoisotopic (exact) mass is 195 g/mol. The minimum absolute atomic E-state index is 0.0662. The van der Waals surface area contributed by atoms with Gasteiger partial charge < -0.3 is 15.2 Å². The molecule has 1 fully saturated rings. The molecule has 1 aliphatic heterocycles. The molecule has 1 aromatic heterocycles. The van der Waals surface area contributed by atoms with Crippen LogP contribution >= 0.6 is 0 Å². The molecule has 2 heterocycles. The Labute approximate surface area is 81.8 Å². The normalized spacial score (nSPS) is 17.0. The lowest BCUT2D eigenvalue weighted by atomic mass is 10.1. The summed E-state index contributed by atoms with van der Waals surface area (Å²) >= 11 is 0. The molecule has 2 rings (SSSR count). The smallest absolute Gasteiger partial charge is 0.261 e. The van der Waals surface area contributed by atoms with Crippen LogP contribution in [0, 0.1) is 0 Å². The van der Waals surface area contributed by atoms with Crippen LogP contribution in [-0.4, -0.2) is 29.1 Å². The van der Waals surface area contributed by atoms with Gasteiger partial charge in [-0.3, -0.25) is 4.79 Å². The van der Waals surface area contributed by atoms with E-state index < -0.39 is 0 Å². The molecule has 1 aliphatic rings. The summed E-state index contributed by atoms with van der Waals surface area (Å²) in [5.41, 5.74) is 5.85. The maximum Gasteiger partial charge on any atom is 0.261 e. The number of nitrogens with two attached hydrogens (primary N) is 1. The van der Waals surface area contributed by atoms with E-state index >= 15 is 0 Å². The lowest BCUT2D eigenvalue weighted by Crippen LogP contribution is -2.35. The second kappa shape index (κ2) is 3.69. The molecular weight excluding hydrogens is 182 g/mol. The summed E-state index contributed by atoms with van der Waals surface area (Å²) in [6.07, 6.45) is 4.71. The fourth-order valence-corrected chi connectivity index (χ4v) is 1.68. The number of nitrogen functional groups attached to an aromatic ring is 1. The highest BCUT2D eigenvalue weighted by Crippen LogP contribution is 2.16. The Morgan fingerprint density at radius 3 is 2.71 bits per heavy atom. The van der Waals surface area contributed by atoms with E-state index in [2.05, 4.69) is 9.68 Å². The third kappa shape index (κ3) is 1.57. The van der Waals surface area contributed by atoms with Crippen molar-refractivity contribution in [3.8, 4) is 0 Å². The molecule has 0 aliphatic carbocycles. The Hall–Kier alpha value is -1.52. The zero-order chi connectivity index (χ0) is 9.97. The van der Waals surface area contributed by atoms with Gasteiger partial charge in [0.1, 0.15) is 5.56 Å². The first kappa shape index (κ1) is 9.05. The maximum atomic E-state index is 11.8. The number of aromatic nitrogens is 1. The van der Waals surface area contributed by atoms with E-state index in [4.69, 9.17) is 5.73 Å². The van der Waals surface area contributed by atoms with Gasteiger partial charge in [0, 0.05) is 13.1 Å². The second-order valence-electron chi connectivity index (χ2n) is 3.46. The number of hydrogen-bond donors (Lipinski definition) is 1. The van der Waals surface area contributed by atoms with Crippen molar-refractivity contribution in [2.24, 2.45) is 0 Å². The van der Waals surface area contributed by atoms with Crippen molar-refractivity contribution in [1.82, 2.24) is 10.1 Å². The molecule has 0 spiro atoms. The van der Waals surface area contributed by atoms with E-state index in [0.717, 1.165) is 25.9 Å². The van der Waals surface area contributed by atoms with E-state index in [9.17, 15) is 4.79 Å². The predicted octanol–water partition coefficient (Wildman–Crippen LogP) is 0.883. The van der Waals surface area contributed by atoms with Crippen LogP contribution in [0.4, 0.5) is 5.88 Å². The van der Waals surface area contributed by atoms with Crippen molar-refractivity contribution in [3.63, 3.8) is 0 Å². The van der Waals surface area contributed by atoms with E-state index in [1.54, 1.807) is 4.90 Å². The zero-order valence-electron chi connectivity index (χ0n) is 7.90. The molecule has 0 unspecified atom stereocenters. The average molecular weight is 195 g/mol. The summed E-state index contributed by atoms with van der Waals surface area (Å²) in [6.45, 7) is 1.62. The summed E-state index contributed by atoms with van der Waals surface area (Å²) in [6, 6.07) is 0. The van der Waals surface area contributed by atoms with E-state index in [1.807, 2.05) is 0 Å². The van der Waals surface area contributed by atoms with Gasteiger partial charge in [-0.15, -0.1) is 0 Å². The zero-order valence-corrected chi connectivity index (χ0v) is 7.90. The Bertz CT molecular complexity index is 329. The topological polar surface area (TPSA) is 72.4 Å². The fraction of sp³-hybridized carbons (Fsp3) is 0.556. The van der Waals surface area contributed by atoms with Crippen molar-refractivity contribution in [3.05, 3.63) is 11.8 Å². The van der Waals surface area contributed by atoms with Crippen molar-refractivity contribution in [2.45, 2.75) is 19.3 Å². The van der Waals surface area contributed by atoms with Crippen LogP contribution in [0.15, 0.2) is 10.7 Å². The Balaban J connectivity index is 2.11. The van der Waals surface area contributed by atoms with Crippen LogP contribution in [-0.2, 0) is 0 Å². The SMILES string of the molecule is Nc1oncc1C(=O)N1CCCCC1. The Morgan fingerprint density at radius 2 is 2.14 bits per heavy atom. The molecule has 1 saturated heterocycles. The van der Waals surface area contributed by atoms with Crippen LogP contribution in [0.25, 0.3) is 0 Å². The van der Waals surface area contributed by atoms with Crippen molar-refractivity contribution in [1.29, 1.82) is 0 Å². The van der Waals surface area contributed by atoms with E-state index in [-0.39, 0.29) is 11.8 Å². The molecule has 0 aromatic carbocycles. The number of piperidine rings is 1. The number of likely N-dealkylation sites (tertiary alicyclic amines) is 1. The number of anilines is 1. The number of amides is 1. The molecule has 14 heavy (non-hydrogen) atoms. The lowest BCUT2D eigenvalue weighted by molar-refractivity contribution is 0.0725. The molecule has 76 valence electrons. The molecule has 0 bridgehead atoms. The van der Waals surface area contributed by atoms with Gasteiger partial charge >= 0.3 is 0 Å².